The van der Waals surface area contributed by atoms with Gasteiger partial charge in [0.15, 0.2) is 0 Å². The molecular weight excluding hydrogens is 521 g/mol. The number of halogens is 2. The first kappa shape index (κ1) is 29.9. The summed E-state index contributed by atoms with van der Waals surface area (Å²) in [6.45, 7) is 9.12. The fourth-order valence-electron chi connectivity index (χ4n) is 3.52. The number of sulfonamides is 1. The SMILES string of the molecule is CC[C@@H](C)NC(=O)[C@H](C)N(Cc1ccc(Cl)c(Cl)c1)C(=O)CN(c1ccc(C(C)C)cc1)S(C)(=O)=O. The van der Waals surface area contributed by atoms with E-state index in [-0.39, 0.29) is 24.4 Å². The summed E-state index contributed by atoms with van der Waals surface area (Å²) in [4.78, 5) is 27.9. The molecule has 0 aliphatic carbocycles. The molecule has 0 unspecified atom stereocenters. The molecule has 0 aliphatic rings. The van der Waals surface area contributed by atoms with E-state index in [1.807, 2.05) is 39.8 Å². The van der Waals surface area contributed by atoms with Crippen molar-refractivity contribution in [2.45, 2.75) is 65.6 Å². The number of hydrogen-bond acceptors (Lipinski definition) is 4. The van der Waals surface area contributed by atoms with Crippen molar-refractivity contribution < 1.29 is 18.0 Å². The second kappa shape index (κ2) is 12.8. The summed E-state index contributed by atoms with van der Waals surface area (Å²) in [6, 6.07) is 11.1. The van der Waals surface area contributed by atoms with Gasteiger partial charge in [0, 0.05) is 12.6 Å². The van der Waals surface area contributed by atoms with Gasteiger partial charge in [0.05, 0.1) is 22.0 Å². The Hall–Kier alpha value is -2.29. The molecule has 0 saturated carbocycles. The smallest absolute Gasteiger partial charge is 0.244 e. The van der Waals surface area contributed by atoms with E-state index in [1.54, 1.807) is 37.3 Å². The van der Waals surface area contributed by atoms with Gasteiger partial charge in [-0.05, 0) is 61.6 Å². The Kier molecular flexibility index (Phi) is 10.6. The van der Waals surface area contributed by atoms with Crippen molar-refractivity contribution in [3.63, 3.8) is 0 Å². The molecule has 0 fully saturated rings. The van der Waals surface area contributed by atoms with E-state index in [0.717, 1.165) is 22.5 Å². The van der Waals surface area contributed by atoms with Crippen molar-refractivity contribution >= 4 is 50.7 Å². The Morgan fingerprint density at radius 3 is 2.08 bits per heavy atom. The van der Waals surface area contributed by atoms with Crippen molar-refractivity contribution in [3.05, 3.63) is 63.6 Å². The Morgan fingerprint density at radius 2 is 1.58 bits per heavy atom. The zero-order valence-electron chi connectivity index (χ0n) is 21.6. The monoisotopic (exact) mass is 555 g/mol. The first-order valence-corrected chi connectivity index (χ1v) is 14.5. The molecule has 7 nitrogen and oxygen atoms in total. The number of carbonyl (C=O) groups excluding carboxylic acids is 2. The van der Waals surface area contributed by atoms with Crippen LogP contribution in [0.25, 0.3) is 0 Å². The van der Waals surface area contributed by atoms with Crippen LogP contribution >= 0.6 is 23.2 Å². The molecule has 0 saturated heterocycles. The third kappa shape index (κ3) is 8.11. The summed E-state index contributed by atoms with van der Waals surface area (Å²) < 4.78 is 26.4. The topological polar surface area (TPSA) is 86.8 Å². The average molecular weight is 557 g/mol. The number of carbonyl (C=O) groups is 2. The lowest BCUT2D eigenvalue weighted by Crippen LogP contribution is -2.52. The first-order chi connectivity index (χ1) is 16.7. The van der Waals surface area contributed by atoms with Gasteiger partial charge in [-0.15, -0.1) is 0 Å². The minimum atomic E-state index is -3.79. The summed E-state index contributed by atoms with van der Waals surface area (Å²) in [5, 5.41) is 3.58. The summed E-state index contributed by atoms with van der Waals surface area (Å²) >= 11 is 12.2. The minimum absolute atomic E-state index is 0.0503. The van der Waals surface area contributed by atoms with Crippen molar-refractivity contribution in [1.82, 2.24) is 10.2 Å². The molecule has 2 aromatic carbocycles. The van der Waals surface area contributed by atoms with Gasteiger partial charge in [0.25, 0.3) is 0 Å². The van der Waals surface area contributed by atoms with Crippen LogP contribution in [0.5, 0.6) is 0 Å². The van der Waals surface area contributed by atoms with E-state index >= 15 is 0 Å². The van der Waals surface area contributed by atoms with Crippen LogP contribution in [0.1, 0.15) is 58.1 Å². The lowest BCUT2D eigenvalue weighted by atomic mass is 10.0. The molecule has 2 amide bonds. The van der Waals surface area contributed by atoms with Gasteiger partial charge in [-0.2, -0.15) is 0 Å². The largest absolute Gasteiger partial charge is 0.352 e. The van der Waals surface area contributed by atoms with Crippen LogP contribution in [0.4, 0.5) is 5.69 Å². The van der Waals surface area contributed by atoms with Gasteiger partial charge in [-0.1, -0.05) is 62.2 Å². The highest BCUT2D eigenvalue weighted by Gasteiger charge is 2.30. The van der Waals surface area contributed by atoms with Gasteiger partial charge in [-0.3, -0.25) is 13.9 Å². The fraction of sp³-hybridized carbons (Fsp3) is 0.462. The van der Waals surface area contributed by atoms with E-state index in [9.17, 15) is 18.0 Å². The molecule has 1 N–H and O–H groups in total. The van der Waals surface area contributed by atoms with Crippen molar-refractivity contribution in [2.24, 2.45) is 0 Å². The molecule has 0 bridgehead atoms. The van der Waals surface area contributed by atoms with Crippen LogP contribution in [-0.2, 0) is 26.2 Å². The highest BCUT2D eigenvalue weighted by molar-refractivity contribution is 7.92. The normalized spacial score (nSPS) is 13.2. The number of benzene rings is 2. The van der Waals surface area contributed by atoms with Crippen LogP contribution in [0.2, 0.25) is 10.0 Å². The molecule has 0 radical (unpaired) electrons. The number of nitrogens with one attached hydrogen (secondary N) is 1. The highest BCUT2D eigenvalue weighted by atomic mass is 35.5. The highest BCUT2D eigenvalue weighted by Crippen LogP contribution is 2.25. The van der Waals surface area contributed by atoms with E-state index < -0.39 is 28.5 Å². The average Bonchev–Trinajstić information content (AvgIpc) is 2.81. The van der Waals surface area contributed by atoms with Crippen molar-refractivity contribution in [3.8, 4) is 0 Å². The Labute approximate surface area is 224 Å². The summed E-state index contributed by atoms with van der Waals surface area (Å²) in [6.07, 6.45) is 1.78. The summed E-state index contributed by atoms with van der Waals surface area (Å²) in [5.41, 5.74) is 2.09. The van der Waals surface area contributed by atoms with Crippen LogP contribution in [-0.4, -0.2) is 50.0 Å². The summed E-state index contributed by atoms with van der Waals surface area (Å²) in [5.74, 6) is -0.574. The minimum Gasteiger partial charge on any atom is -0.352 e. The summed E-state index contributed by atoms with van der Waals surface area (Å²) in [7, 11) is -3.79. The van der Waals surface area contributed by atoms with Gasteiger partial charge < -0.3 is 10.2 Å². The number of hydrogen-bond donors (Lipinski definition) is 1. The van der Waals surface area contributed by atoms with E-state index in [2.05, 4.69) is 5.32 Å². The first-order valence-electron chi connectivity index (χ1n) is 11.9. The van der Waals surface area contributed by atoms with Gasteiger partial charge in [0.1, 0.15) is 12.6 Å². The maximum absolute atomic E-state index is 13.6. The molecule has 0 heterocycles. The Balaban J connectivity index is 2.41. The number of anilines is 1. The zero-order valence-corrected chi connectivity index (χ0v) is 23.9. The molecular formula is C26H35Cl2N3O4S. The van der Waals surface area contributed by atoms with Gasteiger partial charge in [-0.25, -0.2) is 8.42 Å². The van der Waals surface area contributed by atoms with Gasteiger partial charge in [0.2, 0.25) is 21.8 Å². The molecule has 0 spiro atoms. The number of rotatable bonds is 11. The zero-order chi connectivity index (χ0) is 27.2. The van der Waals surface area contributed by atoms with Crippen molar-refractivity contribution in [1.29, 1.82) is 0 Å². The molecule has 198 valence electrons. The van der Waals surface area contributed by atoms with Crippen LogP contribution in [0, 0.1) is 0 Å². The standard InChI is InChI=1S/C26H35Cl2N3O4S/c1-7-18(4)29-26(33)19(5)30(15-20-8-13-23(27)24(28)14-20)25(32)16-31(36(6,34)35)22-11-9-21(10-12-22)17(2)3/h8-14,17-19H,7,15-16H2,1-6H3,(H,29,33)/t18-,19+/m1/s1. The van der Waals surface area contributed by atoms with Crippen LogP contribution in [0.15, 0.2) is 42.5 Å². The molecule has 0 aromatic heterocycles. The molecule has 0 aliphatic heterocycles. The lowest BCUT2D eigenvalue weighted by Gasteiger charge is -2.32. The second-order valence-corrected chi connectivity index (χ2v) is 12.0. The van der Waals surface area contributed by atoms with Crippen LogP contribution < -0.4 is 9.62 Å². The Bertz CT molecular complexity index is 1170. The quantitative estimate of drug-likeness (QED) is 0.412. The van der Waals surface area contributed by atoms with Gasteiger partial charge >= 0.3 is 0 Å². The molecule has 2 aromatic rings. The third-order valence-corrected chi connectivity index (χ3v) is 7.91. The number of amides is 2. The fourth-order valence-corrected chi connectivity index (χ4v) is 4.69. The van der Waals surface area contributed by atoms with E-state index in [0.29, 0.717) is 21.3 Å². The molecule has 2 rings (SSSR count). The van der Waals surface area contributed by atoms with Crippen LogP contribution in [0.3, 0.4) is 0 Å². The van der Waals surface area contributed by atoms with Crippen molar-refractivity contribution in [2.75, 3.05) is 17.1 Å². The third-order valence-electron chi connectivity index (χ3n) is 6.03. The maximum Gasteiger partial charge on any atom is 0.244 e. The lowest BCUT2D eigenvalue weighted by molar-refractivity contribution is -0.139. The predicted molar refractivity (Wildman–Crippen MR) is 147 cm³/mol. The number of nitrogens with zero attached hydrogens (tertiary/aromatic N) is 2. The van der Waals surface area contributed by atoms with E-state index in [1.165, 1.54) is 4.90 Å². The predicted octanol–water partition coefficient (Wildman–Crippen LogP) is 5.21. The Morgan fingerprint density at radius 1 is 0.972 bits per heavy atom. The second-order valence-electron chi connectivity index (χ2n) is 9.28. The maximum atomic E-state index is 13.6. The molecule has 2 atom stereocenters. The van der Waals surface area contributed by atoms with E-state index in [4.69, 9.17) is 23.2 Å². The molecule has 10 heteroatoms. The molecule has 36 heavy (non-hydrogen) atoms.